The summed E-state index contributed by atoms with van der Waals surface area (Å²) in [6.45, 7) is 7.67. The molecule has 5 rings (SSSR count). The van der Waals surface area contributed by atoms with Crippen molar-refractivity contribution in [2.24, 2.45) is 7.05 Å². The third kappa shape index (κ3) is 2.98. The third-order valence-electron chi connectivity index (χ3n) is 5.34. The van der Waals surface area contributed by atoms with Crippen LogP contribution in [-0.2, 0) is 7.05 Å². The molecule has 4 aromatic heterocycles. The molecule has 0 fully saturated rings. The van der Waals surface area contributed by atoms with Gasteiger partial charge in [-0.1, -0.05) is 0 Å². The zero-order chi connectivity index (χ0) is 21.9. The number of fused-ring (bicyclic) bond motifs is 3. The van der Waals surface area contributed by atoms with Gasteiger partial charge in [-0.25, -0.2) is 9.97 Å². The second-order valence-electron chi connectivity index (χ2n) is 7.59. The van der Waals surface area contributed by atoms with Gasteiger partial charge < -0.3 is 15.0 Å². The molecule has 0 spiro atoms. The molecular formula is C21H23N9O. The standard InChI is InChI=1S/C21H23N9O/c1-10-7-18(29(5)28-10)25-21-19-14-8-17(31-6)16(30-12(3)26-27-13(30)4)9-15(14)24-20(19)22-11(2)23-21/h7-9H,1-6H3,(H2,22,23,24,25). The van der Waals surface area contributed by atoms with Gasteiger partial charge in [-0.15, -0.1) is 10.2 Å². The first-order valence-corrected chi connectivity index (χ1v) is 9.90. The summed E-state index contributed by atoms with van der Waals surface area (Å²) >= 11 is 0. The number of benzene rings is 1. The molecule has 0 aliphatic heterocycles. The van der Waals surface area contributed by atoms with Crippen molar-refractivity contribution in [3.05, 3.63) is 41.4 Å². The van der Waals surface area contributed by atoms with E-state index in [9.17, 15) is 0 Å². The van der Waals surface area contributed by atoms with E-state index in [0.717, 1.165) is 50.8 Å². The fraction of sp³-hybridized carbons (Fsp3) is 0.286. The Morgan fingerprint density at radius 1 is 1.00 bits per heavy atom. The number of nitrogens with zero attached hydrogens (tertiary/aromatic N) is 7. The summed E-state index contributed by atoms with van der Waals surface area (Å²) in [7, 11) is 3.56. The quantitative estimate of drug-likeness (QED) is 0.461. The van der Waals surface area contributed by atoms with Crippen LogP contribution in [0.3, 0.4) is 0 Å². The Kier molecular flexibility index (Phi) is 4.17. The normalized spacial score (nSPS) is 11.5. The summed E-state index contributed by atoms with van der Waals surface area (Å²) in [6, 6.07) is 6.02. The van der Waals surface area contributed by atoms with E-state index in [-0.39, 0.29) is 0 Å². The van der Waals surface area contributed by atoms with Gasteiger partial charge in [-0.2, -0.15) is 5.10 Å². The maximum atomic E-state index is 5.74. The predicted octanol–water partition coefficient (Wildman–Crippen LogP) is 3.41. The van der Waals surface area contributed by atoms with Gasteiger partial charge >= 0.3 is 0 Å². The van der Waals surface area contributed by atoms with E-state index in [1.54, 1.807) is 11.8 Å². The number of nitrogens with one attached hydrogen (secondary N) is 2. The molecule has 0 radical (unpaired) electrons. The number of ether oxygens (including phenoxy) is 1. The highest BCUT2D eigenvalue weighted by atomic mass is 16.5. The van der Waals surface area contributed by atoms with Crippen LogP contribution in [0.15, 0.2) is 18.2 Å². The van der Waals surface area contributed by atoms with Crippen LogP contribution in [0.5, 0.6) is 5.75 Å². The summed E-state index contributed by atoms with van der Waals surface area (Å²) in [6.07, 6.45) is 0. The van der Waals surface area contributed by atoms with Crippen molar-refractivity contribution in [2.45, 2.75) is 27.7 Å². The summed E-state index contributed by atoms with van der Waals surface area (Å²) in [5.41, 5.74) is 3.46. The lowest BCUT2D eigenvalue weighted by atomic mass is 10.1. The summed E-state index contributed by atoms with van der Waals surface area (Å²) in [5.74, 6) is 4.51. The molecule has 158 valence electrons. The summed E-state index contributed by atoms with van der Waals surface area (Å²) in [5, 5.41) is 18.0. The van der Waals surface area contributed by atoms with E-state index < -0.39 is 0 Å². The van der Waals surface area contributed by atoms with Crippen LogP contribution in [0, 0.1) is 27.7 Å². The van der Waals surface area contributed by atoms with Crippen molar-refractivity contribution >= 4 is 33.6 Å². The van der Waals surface area contributed by atoms with E-state index in [2.05, 4.69) is 35.6 Å². The zero-order valence-corrected chi connectivity index (χ0v) is 18.3. The second-order valence-corrected chi connectivity index (χ2v) is 7.59. The van der Waals surface area contributed by atoms with Crippen molar-refractivity contribution in [1.82, 2.24) is 39.5 Å². The minimum absolute atomic E-state index is 0.665. The SMILES string of the molecule is COc1cc2c(cc1-n1c(C)nnc1C)[nH]c1nc(C)nc(Nc3cc(C)nn3C)c12. The van der Waals surface area contributed by atoms with Gasteiger partial charge in [-0.3, -0.25) is 9.25 Å². The summed E-state index contributed by atoms with van der Waals surface area (Å²) in [4.78, 5) is 12.7. The number of rotatable bonds is 4. The van der Waals surface area contributed by atoms with E-state index in [4.69, 9.17) is 4.74 Å². The molecule has 0 atom stereocenters. The molecule has 0 saturated heterocycles. The van der Waals surface area contributed by atoms with Gasteiger partial charge in [0.15, 0.2) is 0 Å². The van der Waals surface area contributed by atoms with Gasteiger partial charge in [0.25, 0.3) is 0 Å². The first-order valence-electron chi connectivity index (χ1n) is 9.90. The molecule has 0 amide bonds. The molecule has 31 heavy (non-hydrogen) atoms. The lowest BCUT2D eigenvalue weighted by molar-refractivity contribution is 0.413. The fourth-order valence-electron chi connectivity index (χ4n) is 4.02. The minimum atomic E-state index is 0.665. The minimum Gasteiger partial charge on any atom is -0.495 e. The van der Waals surface area contributed by atoms with Gasteiger partial charge in [0, 0.05) is 18.5 Å². The Bertz CT molecular complexity index is 1440. The molecule has 10 nitrogen and oxygen atoms in total. The van der Waals surface area contributed by atoms with Gasteiger partial charge in [0.2, 0.25) is 0 Å². The van der Waals surface area contributed by atoms with Crippen molar-refractivity contribution in [3.8, 4) is 11.4 Å². The molecule has 5 aromatic rings. The highest BCUT2D eigenvalue weighted by molar-refractivity contribution is 6.12. The van der Waals surface area contributed by atoms with E-state index in [1.165, 1.54) is 0 Å². The van der Waals surface area contributed by atoms with Crippen LogP contribution in [0.4, 0.5) is 11.6 Å². The van der Waals surface area contributed by atoms with Crippen molar-refractivity contribution < 1.29 is 4.74 Å². The Morgan fingerprint density at radius 3 is 2.39 bits per heavy atom. The monoisotopic (exact) mass is 417 g/mol. The Labute approximate surface area is 178 Å². The number of H-pyrrole nitrogens is 1. The molecule has 4 heterocycles. The molecule has 0 aliphatic carbocycles. The Hall–Kier alpha value is -3.95. The van der Waals surface area contributed by atoms with Crippen molar-refractivity contribution in [3.63, 3.8) is 0 Å². The van der Waals surface area contributed by atoms with Gasteiger partial charge in [0.1, 0.15) is 40.5 Å². The van der Waals surface area contributed by atoms with E-state index in [1.807, 2.05) is 57.5 Å². The molecule has 0 bridgehead atoms. The number of hydrogen-bond donors (Lipinski definition) is 2. The van der Waals surface area contributed by atoms with Crippen LogP contribution in [0.2, 0.25) is 0 Å². The lowest BCUT2D eigenvalue weighted by Crippen LogP contribution is -2.03. The molecule has 0 unspecified atom stereocenters. The highest BCUT2D eigenvalue weighted by Crippen LogP contribution is 2.37. The van der Waals surface area contributed by atoms with Crippen LogP contribution in [0.1, 0.15) is 23.2 Å². The first kappa shape index (κ1) is 19.0. The number of aryl methyl sites for hydroxylation is 5. The summed E-state index contributed by atoms with van der Waals surface area (Å²) < 4.78 is 9.51. The van der Waals surface area contributed by atoms with Crippen LogP contribution < -0.4 is 10.1 Å². The fourth-order valence-corrected chi connectivity index (χ4v) is 4.02. The van der Waals surface area contributed by atoms with Crippen LogP contribution in [-0.4, -0.2) is 46.6 Å². The average molecular weight is 417 g/mol. The largest absolute Gasteiger partial charge is 0.495 e. The number of anilines is 2. The van der Waals surface area contributed by atoms with E-state index in [0.29, 0.717) is 17.4 Å². The zero-order valence-electron chi connectivity index (χ0n) is 18.3. The Balaban J connectivity index is 1.77. The van der Waals surface area contributed by atoms with Crippen LogP contribution >= 0.6 is 0 Å². The average Bonchev–Trinajstić information content (AvgIpc) is 3.34. The molecular weight excluding hydrogens is 394 g/mol. The van der Waals surface area contributed by atoms with E-state index >= 15 is 0 Å². The Morgan fingerprint density at radius 2 is 1.74 bits per heavy atom. The predicted molar refractivity (Wildman–Crippen MR) is 118 cm³/mol. The van der Waals surface area contributed by atoms with Crippen molar-refractivity contribution in [2.75, 3.05) is 12.4 Å². The van der Waals surface area contributed by atoms with Gasteiger partial charge in [0.05, 0.1) is 29.4 Å². The highest BCUT2D eigenvalue weighted by Gasteiger charge is 2.19. The molecule has 2 N–H and O–H groups in total. The molecule has 10 heteroatoms. The van der Waals surface area contributed by atoms with Crippen molar-refractivity contribution in [1.29, 1.82) is 0 Å². The smallest absolute Gasteiger partial charge is 0.145 e. The maximum absolute atomic E-state index is 5.74. The number of aromatic amines is 1. The lowest BCUT2D eigenvalue weighted by Gasteiger charge is -2.12. The van der Waals surface area contributed by atoms with Crippen LogP contribution in [0.25, 0.3) is 27.6 Å². The first-order chi connectivity index (χ1) is 14.9. The van der Waals surface area contributed by atoms with Gasteiger partial charge in [-0.05, 0) is 39.8 Å². The second kappa shape index (κ2) is 6.79. The molecule has 1 aromatic carbocycles. The topological polar surface area (TPSA) is 111 Å². The third-order valence-corrected chi connectivity index (χ3v) is 5.34. The number of hydrogen-bond acceptors (Lipinski definition) is 7. The number of methoxy groups -OCH3 is 1. The molecule has 0 saturated carbocycles. The molecule has 0 aliphatic rings. The maximum Gasteiger partial charge on any atom is 0.145 e. The number of aromatic nitrogens is 8.